The van der Waals surface area contributed by atoms with Gasteiger partial charge in [-0.05, 0) is 26.8 Å². The molecule has 0 amide bonds. The van der Waals surface area contributed by atoms with Crippen molar-refractivity contribution in [2.24, 2.45) is 5.73 Å². The molecular weight excluding hydrogens is 214 g/mol. The van der Waals surface area contributed by atoms with Gasteiger partial charge in [0, 0.05) is 11.0 Å². The Bertz CT molecular complexity index is 375. The van der Waals surface area contributed by atoms with Crippen molar-refractivity contribution in [1.29, 1.82) is 0 Å². The first-order chi connectivity index (χ1) is 7.82. The van der Waals surface area contributed by atoms with Crippen LogP contribution in [0.2, 0.25) is 0 Å². The highest BCUT2D eigenvalue weighted by Gasteiger charge is 2.27. The van der Waals surface area contributed by atoms with Gasteiger partial charge in [-0.15, -0.1) is 0 Å². The molecule has 17 heavy (non-hydrogen) atoms. The fourth-order valence-electron chi connectivity index (χ4n) is 1.99. The molecule has 4 nitrogen and oxygen atoms in total. The summed E-state index contributed by atoms with van der Waals surface area (Å²) in [6.07, 6.45) is 0.808. The highest BCUT2D eigenvalue weighted by atomic mass is 16.5. The standard InChI is InChI=1S/C13H25N3O/c1-9(2)16-12(17-6)10(7-8-14)11(15-16)13(3,4)5/h9H,7-8,14H2,1-6H3. The molecule has 0 saturated carbocycles. The Hall–Kier alpha value is -1.03. The van der Waals surface area contributed by atoms with E-state index in [1.54, 1.807) is 7.11 Å². The molecule has 0 radical (unpaired) electrons. The van der Waals surface area contributed by atoms with Gasteiger partial charge in [0.25, 0.3) is 0 Å². The molecule has 0 aliphatic carbocycles. The normalized spacial score (nSPS) is 12.2. The molecular formula is C13H25N3O. The topological polar surface area (TPSA) is 53.1 Å². The van der Waals surface area contributed by atoms with Crippen LogP contribution < -0.4 is 10.5 Å². The highest BCUT2D eigenvalue weighted by Crippen LogP contribution is 2.33. The van der Waals surface area contributed by atoms with E-state index in [2.05, 4.69) is 34.6 Å². The maximum Gasteiger partial charge on any atom is 0.215 e. The molecule has 98 valence electrons. The van der Waals surface area contributed by atoms with Crippen molar-refractivity contribution in [3.8, 4) is 5.88 Å². The smallest absolute Gasteiger partial charge is 0.215 e. The molecule has 1 heterocycles. The zero-order valence-corrected chi connectivity index (χ0v) is 11.9. The van der Waals surface area contributed by atoms with Gasteiger partial charge in [0.05, 0.1) is 18.8 Å². The molecule has 0 bridgehead atoms. The van der Waals surface area contributed by atoms with Crippen molar-refractivity contribution in [2.45, 2.75) is 52.5 Å². The first-order valence-electron chi connectivity index (χ1n) is 6.18. The van der Waals surface area contributed by atoms with Crippen LogP contribution in [0.15, 0.2) is 0 Å². The van der Waals surface area contributed by atoms with Gasteiger partial charge in [-0.2, -0.15) is 5.10 Å². The van der Waals surface area contributed by atoms with Crippen LogP contribution in [-0.4, -0.2) is 23.4 Å². The summed E-state index contributed by atoms with van der Waals surface area (Å²) in [4.78, 5) is 0. The van der Waals surface area contributed by atoms with E-state index in [1.165, 1.54) is 0 Å². The maximum absolute atomic E-state index is 5.69. The molecule has 0 spiro atoms. The van der Waals surface area contributed by atoms with Crippen LogP contribution in [0, 0.1) is 0 Å². The summed E-state index contributed by atoms with van der Waals surface area (Å²) in [5, 5.41) is 4.71. The molecule has 0 atom stereocenters. The van der Waals surface area contributed by atoms with E-state index < -0.39 is 0 Å². The second kappa shape index (κ2) is 5.08. The summed E-state index contributed by atoms with van der Waals surface area (Å²) in [6.45, 7) is 11.3. The summed E-state index contributed by atoms with van der Waals surface area (Å²) in [7, 11) is 1.70. The van der Waals surface area contributed by atoms with E-state index in [1.807, 2.05) is 4.68 Å². The molecule has 0 saturated heterocycles. The monoisotopic (exact) mass is 239 g/mol. The van der Waals surface area contributed by atoms with Crippen molar-refractivity contribution in [3.05, 3.63) is 11.3 Å². The highest BCUT2D eigenvalue weighted by molar-refractivity contribution is 5.36. The van der Waals surface area contributed by atoms with Gasteiger partial charge in [-0.3, -0.25) is 0 Å². The fourth-order valence-corrected chi connectivity index (χ4v) is 1.99. The average Bonchev–Trinajstić information content (AvgIpc) is 2.56. The second-order valence-corrected chi connectivity index (χ2v) is 5.66. The van der Waals surface area contributed by atoms with Gasteiger partial charge in [0.1, 0.15) is 0 Å². The molecule has 4 heteroatoms. The Morgan fingerprint density at radius 3 is 2.29 bits per heavy atom. The minimum Gasteiger partial charge on any atom is -0.481 e. The van der Waals surface area contributed by atoms with Gasteiger partial charge >= 0.3 is 0 Å². The van der Waals surface area contributed by atoms with Crippen LogP contribution in [0.4, 0.5) is 0 Å². The summed E-state index contributed by atoms with van der Waals surface area (Å²) < 4.78 is 7.46. The van der Waals surface area contributed by atoms with Crippen LogP contribution in [0.1, 0.15) is 51.9 Å². The zero-order valence-electron chi connectivity index (χ0n) is 11.9. The third-order valence-corrected chi connectivity index (χ3v) is 2.75. The fraction of sp³-hybridized carbons (Fsp3) is 0.769. The number of methoxy groups -OCH3 is 1. The number of hydrogen-bond donors (Lipinski definition) is 1. The lowest BCUT2D eigenvalue weighted by molar-refractivity contribution is 0.341. The average molecular weight is 239 g/mol. The van der Waals surface area contributed by atoms with E-state index in [4.69, 9.17) is 15.6 Å². The number of rotatable bonds is 4. The first kappa shape index (κ1) is 14.0. The van der Waals surface area contributed by atoms with Crippen molar-refractivity contribution in [3.63, 3.8) is 0 Å². The van der Waals surface area contributed by atoms with Crippen LogP contribution in [0.3, 0.4) is 0 Å². The Morgan fingerprint density at radius 1 is 1.35 bits per heavy atom. The molecule has 0 aliphatic heterocycles. The minimum atomic E-state index is 0.0118. The maximum atomic E-state index is 5.69. The van der Waals surface area contributed by atoms with Crippen molar-refractivity contribution in [2.75, 3.05) is 13.7 Å². The number of hydrogen-bond acceptors (Lipinski definition) is 3. The van der Waals surface area contributed by atoms with Gasteiger partial charge in [-0.1, -0.05) is 20.8 Å². The molecule has 1 rings (SSSR count). The lowest BCUT2D eigenvalue weighted by atomic mass is 9.88. The van der Waals surface area contributed by atoms with Crippen LogP contribution in [0.25, 0.3) is 0 Å². The molecule has 0 unspecified atom stereocenters. The predicted octanol–water partition coefficient (Wildman–Crippen LogP) is 2.27. The lowest BCUT2D eigenvalue weighted by Gasteiger charge is -2.17. The van der Waals surface area contributed by atoms with E-state index in [0.717, 1.165) is 23.6 Å². The summed E-state index contributed by atoms with van der Waals surface area (Å²) in [5.41, 5.74) is 7.94. The van der Waals surface area contributed by atoms with Crippen LogP contribution in [-0.2, 0) is 11.8 Å². The summed E-state index contributed by atoms with van der Waals surface area (Å²) in [5.74, 6) is 0.857. The summed E-state index contributed by atoms with van der Waals surface area (Å²) in [6, 6.07) is 0.289. The van der Waals surface area contributed by atoms with Gasteiger partial charge < -0.3 is 10.5 Å². The van der Waals surface area contributed by atoms with Crippen LogP contribution in [0.5, 0.6) is 5.88 Å². The van der Waals surface area contributed by atoms with E-state index in [9.17, 15) is 0 Å². The molecule has 0 aromatic carbocycles. The molecule has 0 aliphatic rings. The largest absolute Gasteiger partial charge is 0.481 e. The Kier molecular flexibility index (Phi) is 4.20. The third kappa shape index (κ3) is 2.80. The van der Waals surface area contributed by atoms with Gasteiger partial charge in [0.2, 0.25) is 5.88 Å². The SMILES string of the molecule is COc1c(CCN)c(C(C)(C)C)nn1C(C)C. The molecule has 1 aromatic heterocycles. The molecule has 1 aromatic rings. The third-order valence-electron chi connectivity index (χ3n) is 2.75. The van der Waals surface area contributed by atoms with E-state index in [-0.39, 0.29) is 11.5 Å². The first-order valence-corrected chi connectivity index (χ1v) is 6.18. The number of aromatic nitrogens is 2. The zero-order chi connectivity index (χ0) is 13.2. The lowest BCUT2D eigenvalue weighted by Crippen LogP contribution is -2.16. The quantitative estimate of drug-likeness (QED) is 0.877. The number of nitrogens with zero attached hydrogens (tertiary/aromatic N) is 2. The second-order valence-electron chi connectivity index (χ2n) is 5.66. The summed E-state index contributed by atoms with van der Waals surface area (Å²) >= 11 is 0. The Morgan fingerprint density at radius 2 is 1.94 bits per heavy atom. The van der Waals surface area contributed by atoms with Crippen molar-refractivity contribution < 1.29 is 4.74 Å². The van der Waals surface area contributed by atoms with Gasteiger partial charge in [-0.25, -0.2) is 4.68 Å². The number of ether oxygens (including phenoxy) is 1. The van der Waals surface area contributed by atoms with Crippen LogP contribution >= 0.6 is 0 Å². The predicted molar refractivity (Wildman–Crippen MR) is 70.6 cm³/mol. The Balaban J connectivity index is 3.39. The van der Waals surface area contributed by atoms with E-state index in [0.29, 0.717) is 6.54 Å². The Labute approximate surface area is 104 Å². The number of nitrogens with two attached hydrogens (primary N) is 1. The van der Waals surface area contributed by atoms with Crippen molar-refractivity contribution in [1.82, 2.24) is 9.78 Å². The van der Waals surface area contributed by atoms with Gasteiger partial charge in [0.15, 0.2) is 0 Å². The van der Waals surface area contributed by atoms with Crippen molar-refractivity contribution >= 4 is 0 Å². The van der Waals surface area contributed by atoms with E-state index >= 15 is 0 Å². The minimum absolute atomic E-state index is 0.0118. The molecule has 2 N–H and O–H groups in total. The molecule has 0 fully saturated rings.